The standard InChI is InChI=1S/C14H16N4O6/c19-3-9-10(20)11(21)14(24-9)18-4-15-7-1-5-6(2-8(7)18)13(23)17-16-12(5)22/h1-2,9-11,14-15,19-21H,3-4H2,(H,16,22)(H,17,23)/t9?,10-,11-,14?/m1/s1. The van der Waals surface area contributed by atoms with E-state index in [1.807, 2.05) is 0 Å². The Kier molecular flexibility index (Phi) is 3.35. The minimum atomic E-state index is -1.22. The zero-order chi connectivity index (χ0) is 17.0. The molecule has 3 heterocycles. The number of ether oxygens (including phenoxy) is 1. The van der Waals surface area contributed by atoms with Crippen molar-refractivity contribution in [1.29, 1.82) is 0 Å². The van der Waals surface area contributed by atoms with Crippen LogP contribution in [0.4, 0.5) is 11.4 Å². The molecular weight excluding hydrogens is 320 g/mol. The fraction of sp³-hybridized carbons (Fsp3) is 0.429. The fourth-order valence-electron chi connectivity index (χ4n) is 3.21. The van der Waals surface area contributed by atoms with Crippen molar-refractivity contribution in [1.82, 2.24) is 10.2 Å². The normalized spacial score (nSPS) is 29.0. The predicted octanol–water partition coefficient (Wildman–Crippen LogP) is -2.16. The molecule has 0 saturated carbocycles. The number of aromatic amines is 2. The van der Waals surface area contributed by atoms with Gasteiger partial charge in [-0.3, -0.25) is 19.8 Å². The summed E-state index contributed by atoms with van der Waals surface area (Å²) in [5.41, 5.74) is 0.311. The van der Waals surface area contributed by atoms with Crippen LogP contribution in [0.3, 0.4) is 0 Å². The summed E-state index contributed by atoms with van der Waals surface area (Å²) in [6, 6.07) is 3.09. The quantitative estimate of drug-likeness (QED) is 0.363. The van der Waals surface area contributed by atoms with Crippen LogP contribution >= 0.6 is 0 Å². The number of hydrogen-bond acceptors (Lipinski definition) is 8. The molecule has 0 radical (unpaired) electrons. The Labute approximate surface area is 134 Å². The molecule has 1 fully saturated rings. The lowest BCUT2D eigenvalue weighted by Gasteiger charge is -2.27. The van der Waals surface area contributed by atoms with Crippen LogP contribution in [0.2, 0.25) is 0 Å². The Morgan fingerprint density at radius 1 is 1.12 bits per heavy atom. The smallest absolute Gasteiger partial charge is 0.270 e. The number of fused-ring (bicyclic) bond motifs is 2. The number of nitrogens with zero attached hydrogens (tertiary/aromatic N) is 1. The van der Waals surface area contributed by atoms with Crippen LogP contribution in [0, 0.1) is 0 Å². The van der Waals surface area contributed by atoms with Gasteiger partial charge in [0.1, 0.15) is 18.3 Å². The van der Waals surface area contributed by atoms with Crippen LogP contribution < -0.4 is 21.3 Å². The third-order valence-corrected chi connectivity index (χ3v) is 4.49. The lowest BCUT2D eigenvalue weighted by atomic mass is 10.1. The monoisotopic (exact) mass is 336 g/mol. The summed E-state index contributed by atoms with van der Waals surface area (Å²) in [5, 5.41) is 37.3. The van der Waals surface area contributed by atoms with Gasteiger partial charge in [0.25, 0.3) is 11.1 Å². The molecule has 128 valence electrons. The maximum atomic E-state index is 12.0. The molecule has 24 heavy (non-hydrogen) atoms. The van der Waals surface area contributed by atoms with Crippen LogP contribution in [-0.2, 0) is 4.74 Å². The molecule has 4 rings (SSSR count). The number of nitrogens with one attached hydrogen (secondary N) is 3. The van der Waals surface area contributed by atoms with Crippen molar-refractivity contribution in [2.24, 2.45) is 0 Å². The first kappa shape index (κ1) is 15.1. The largest absolute Gasteiger partial charge is 0.394 e. The number of aliphatic hydroxyl groups is 3. The highest BCUT2D eigenvalue weighted by Crippen LogP contribution is 2.38. The van der Waals surface area contributed by atoms with Crippen LogP contribution in [-0.4, -0.2) is 63.3 Å². The van der Waals surface area contributed by atoms with E-state index in [0.717, 1.165) is 0 Å². The van der Waals surface area contributed by atoms with E-state index in [-0.39, 0.29) is 17.4 Å². The molecule has 1 saturated heterocycles. The number of H-pyrrole nitrogens is 2. The van der Waals surface area contributed by atoms with Crippen LogP contribution in [0.1, 0.15) is 0 Å². The topological polar surface area (TPSA) is 151 Å². The van der Waals surface area contributed by atoms with Crippen molar-refractivity contribution in [2.45, 2.75) is 24.5 Å². The van der Waals surface area contributed by atoms with Gasteiger partial charge in [-0.15, -0.1) is 0 Å². The Morgan fingerprint density at radius 2 is 1.79 bits per heavy atom. The lowest BCUT2D eigenvalue weighted by Crippen LogP contribution is -2.44. The molecule has 4 atom stereocenters. The van der Waals surface area contributed by atoms with Crippen molar-refractivity contribution in [3.8, 4) is 0 Å². The summed E-state index contributed by atoms with van der Waals surface area (Å²) in [6.07, 6.45) is -4.20. The molecule has 0 spiro atoms. The molecule has 1 aromatic heterocycles. The highest BCUT2D eigenvalue weighted by atomic mass is 16.6. The Hall–Kier alpha value is -2.40. The van der Waals surface area contributed by atoms with E-state index in [1.54, 1.807) is 11.0 Å². The molecule has 2 aliphatic rings. The van der Waals surface area contributed by atoms with Gasteiger partial charge < -0.3 is 30.3 Å². The minimum Gasteiger partial charge on any atom is -0.394 e. The van der Waals surface area contributed by atoms with Crippen LogP contribution in [0.25, 0.3) is 10.8 Å². The van der Waals surface area contributed by atoms with Crippen molar-refractivity contribution in [3.05, 3.63) is 32.8 Å². The zero-order valence-electron chi connectivity index (χ0n) is 12.4. The second-order valence-corrected chi connectivity index (χ2v) is 5.86. The number of rotatable bonds is 2. The van der Waals surface area contributed by atoms with E-state index >= 15 is 0 Å². The number of aromatic nitrogens is 2. The number of benzene rings is 1. The Balaban J connectivity index is 1.80. The summed E-state index contributed by atoms with van der Waals surface area (Å²) < 4.78 is 5.52. The van der Waals surface area contributed by atoms with Crippen molar-refractivity contribution in [3.63, 3.8) is 0 Å². The van der Waals surface area contributed by atoms with E-state index in [0.29, 0.717) is 11.4 Å². The molecule has 2 unspecified atom stereocenters. The van der Waals surface area contributed by atoms with E-state index in [2.05, 4.69) is 15.5 Å². The van der Waals surface area contributed by atoms with Gasteiger partial charge in [-0.25, -0.2) is 0 Å². The molecule has 2 aliphatic heterocycles. The van der Waals surface area contributed by atoms with Crippen LogP contribution in [0.5, 0.6) is 0 Å². The number of aliphatic hydroxyl groups excluding tert-OH is 3. The van der Waals surface area contributed by atoms with Crippen molar-refractivity contribution < 1.29 is 20.1 Å². The number of anilines is 2. The van der Waals surface area contributed by atoms with E-state index in [9.17, 15) is 24.9 Å². The SMILES string of the molecule is O=c1[nH][nH]c(=O)c2cc3c(cc12)NCN3C1OC(CO)[C@@H](O)[C@H]1O. The van der Waals surface area contributed by atoms with Gasteiger partial charge in [0.15, 0.2) is 6.23 Å². The van der Waals surface area contributed by atoms with Gasteiger partial charge in [0.05, 0.1) is 35.4 Å². The van der Waals surface area contributed by atoms with Crippen molar-refractivity contribution in [2.75, 3.05) is 23.5 Å². The fourth-order valence-corrected chi connectivity index (χ4v) is 3.21. The predicted molar refractivity (Wildman–Crippen MR) is 83.9 cm³/mol. The molecule has 2 aromatic rings. The Morgan fingerprint density at radius 3 is 2.42 bits per heavy atom. The lowest BCUT2D eigenvalue weighted by molar-refractivity contribution is -0.0218. The molecule has 10 heteroatoms. The molecule has 1 aromatic carbocycles. The van der Waals surface area contributed by atoms with Gasteiger partial charge in [-0.05, 0) is 12.1 Å². The average molecular weight is 336 g/mol. The second-order valence-electron chi connectivity index (χ2n) is 5.86. The van der Waals surface area contributed by atoms with E-state index in [1.165, 1.54) is 6.07 Å². The van der Waals surface area contributed by atoms with Gasteiger partial charge >= 0.3 is 0 Å². The minimum absolute atomic E-state index is 0.206. The third-order valence-electron chi connectivity index (χ3n) is 4.49. The second kappa shape index (κ2) is 5.31. The van der Waals surface area contributed by atoms with Crippen molar-refractivity contribution >= 4 is 22.1 Å². The summed E-state index contributed by atoms with van der Waals surface area (Å²) in [7, 11) is 0. The summed E-state index contributed by atoms with van der Waals surface area (Å²) >= 11 is 0. The first-order valence-electron chi connectivity index (χ1n) is 7.43. The molecule has 0 amide bonds. The van der Waals surface area contributed by atoms with Gasteiger partial charge in [0, 0.05) is 0 Å². The molecule has 0 aliphatic carbocycles. The van der Waals surface area contributed by atoms with Gasteiger partial charge in [0.2, 0.25) is 0 Å². The summed E-state index contributed by atoms with van der Waals surface area (Å²) in [6.45, 7) is -0.163. The Bertz CT molecular complexity index is 908. The summed E-state index contributed by atoms with van der Waals surface area (Å²) in [4.78, 5) is 25.4. The first-order valence-corrected chi connectivity index (χ1v) is 7.43. The third kappa shape index (κ3) is 2.04. The number of hydrogen-bond donors (Lipinski definition) is 6. The average Bonchev–Trinajstić information content (AvgIpc) is 3.11. The maximum Gasteiger partial charge on any atom is 0.270 e. The highest BCUT2D eigenvalue weighted by molar-refractivity contribution is 5.93. The molecule has 6 N–H and O–H groups in total. The molecule has 10 nitrogen and oxygen atoms in total. The summed E-state index contributed by atoms with van der Waals surface area (Å²) in [5.74, 6) is 0. The van der Waals surface area contributed by atoms with Gasteiger partial charge in [-0.1, -0.05) is 0 Å². The molecular formula is C14H16N4O6. The highest BCUT2D eigenvalue weighted by Gasteiger charge is 2.46. The maximum absolute atomic E-state index is 12.0. The molecule has 0 bridgehead atoms. The van der Waals surface area contributed by atoms with E-state index in [4.69, 9.17) is 4.74 Å². The van der Waals surface area contributed by atoms with E-state index < -0.39 is 42.3 Å². The van der Waals surface area contributed by atoms with Gasteiger partial charge in [-0.2, -0.15) is 0 Å². The zero-order valence-corrected chi connectivity index (χ0v) is 12.4. The van der Waals surface area contributed by atoms with Crippen LogP contribution in [0.15, 0.2) is 21.7 Å². The first-order chi connectivity index (χ1) is 11.5.